The van der Waals surface area contributed by atoms with Crippen LogP contribution in [0, 0.1) is 0 Å². The Hall–Kier alpha value is -3.10. The number of hydrogen-bond acceptors (Lipinski definition) is 5. The number of carbonyl (C=O) groups is 2. The van der Waals surface area contributed by atoms with E-state index < -0.39 is 5.97 Å². The van der Waals surface area contributed by atoms with Crippen molar-refractivity contribution >= 4 is 23.6 Å². The van der Waals surface area contributed by atoms with Crippen LogP contribution in [0.1, 0.15) is 23.8 Å². The first-order chi connectivity index (χ1) is 15.4. The Morgan fingerprint density at radius 1 is 1.25 bits per heavy atom. The number of allylic oxidation sites excluding steroid dienone is 2. The van der Waals surface area contributed by atoms with Crippen LogP contribution in [0.3, 0.4) is 0 Å². The number of halogens is 1. The van der Waals surface area contributed by atoms with Crippen LogP contribution in [-0.2, 0) is 0 Å². The number of carbonyl (C=O) groups excluding carboxylic acids is 1. The number of carboxylic acid groups (broad SMARTS) is 1. The molecule has 168 valence electrons. The minimum Gasteiger partial charge on any atom is -0.484 e. The fraction of sp³-hybridized carbons (Fsp3) is 0.348. The SMILES string of the molecule is CC1CN(CC2=CC=CC(Oc3ccccc3Cl)C2)CCN1C(=O)n1ccc(C(=O)O)n1. The topological polar surface area (TPSA) is 87.9 Å². The monoisotopic (exact) mass is 456 g/mol. The number of piperazine rings is 1. The van der Waals surface area contributed by atoms with Gasteiger partial charge in [0.2, 0.25) is 0 Å². The van der Waals surface area contributed by atoms with Crippen LogP contribution >= 0.6 is 11.6 Å². The molecule has 1 N–H and O–H groups in total. The number of aromatic carboxylic acids is 1. The molecule has 32 heavy (non-hydrogen) atoms. The van der Waals surface area contributed by atoms with E-state index in [2.05, 4.69) is 16.1 Å². The van der Waals surface area contributed by atoms with Gasteiger partial charge in [-0.3, -0.25) is 4.90 Å². The molecule has 2 unspecified atom stereocenters. The molecule has 1 aromatic carbocycles. The molecule has 1 saturated heterocycles. The highest BCUT2D eigenvalue weighted by Gasteiger charge is 2.29. The standard InChI is InChI=1S/C23H25ClN4O4/c1-16-14-26(11-12-27(16)23(31)28-10-9-20(25-28)22(29)30)15-17-5-4-6-18(13-17)32-21-8-3-2-7-19(21)24/h2-10,16,18H,11-15H2,1H3,(H,29,30). The van der Waals surface area contributed by atoms with Crippen molar-refractivity contribution in [1.29, 1.82) is 0 Å². The van der Waals surface area contributed by atoms with Crippen LogP contribution in [0.25, 0.3) is 0 Å². The van der Waals surface area contributed by atoms with Crippen LogP contribution in [0.15, 0.2) is 60.3 Å². The first-order valence-electron chi connectivity index (χ1n) is 10.5. The predicted octanol–water partition coefficient (Wildman–Crippen LogP) is 3.54. The number of nitrogens with zero attached hydrogens (tertiary/aromatic N) is 4. The summed E-state index contributed by atoms with van der Waals surface area (Å²) in [7, 11) is 0. The molecule has 8 nitrogen and oxygen atoms in total. The Kier molecular flexibility index (Phi) is 6.62. The summed E-state index contributed by atoms with van der Waals surface area (Å²) in [4.78, 5) is 27.8. The molecule has 1 aromatic heterocycles. The van der Waals surface area contributed by atoms with Gasteiger partial charge in [0.15, 0.2) is 5.69 Å². The molecule has 1 amide bonds. The molecule has 2 aliphatic rings. The smallest absolute Gasteiger partial charge is 0.356 e. The Morgan fingerprint density at radius 3 is 2.78 bits per heavy atom. The van der Waals surface area contributed by atoms with Crippen molar-refractivity contribution in [3.05, 3.63) is 71.0 Å². The molecule has 2 heterocycles. The Balaban J connectivity index is 1.31. The number of aromatic nitrogens is 2. The van der Waals surface area contributed by atoms with Gasteiger partial charge in [0.1, 0.15) is 11.9 Å². The van der Waals surface area contributed by atoms with Gasteiger partial charge in [0, 0.05) is 44.8 Å². The third-order valence-corrected chi connectivity index (χ3v) is 5.94. The van der Waals surface area contributed by atoms with Crippen molar-refractivity contribution in [3.63, 3.8) is 0 Å². The fourth-order valence-corrected chi connectivity index (χ4v) is 4.22. The number of amides is 1. The molecule has 2 aromatic rings. The fourth-order valence-electron chi connectivity index (χ4n) is 4.04. The summed E-state index contributed by atoms with van der Waals surface area (Å²) in [5.41, 5.74) is 1.12. The Labute approximate surface area is 191 Å². The van der Waals surface area contributed by atoms with Crippen molar-refractivity contribution in [2.45, 2.75) is 25.5 Å². The van der Waals surface area contributed by atoms with Gasteiger partial charge >= 0.3 is 12.0 Å². The summed E-state index contributed by atoms with van der Waals surface area (Å²) >= 11 is 6.21. The Bertz CT molecular complexity index is 1060. The quantitative estimate of drug-likeness (QED) is 0.740. The van der Waals surface area contributed by atoms with E-state index in [1.54, 1.807) is 4.90 Å². The minimum absolute atomic E-state index is 0.0244. The van der Waals surface area contributed by atoms with Gasteiger partial charge < -0.3 is 14.7 Å². The number of ether oxygens (including phenoxy) is 1. The second kappa shape index (κ2) is 9.58. The average molecular weight is 457 g/mol. The van der Waals surface area contributed by atoms with E-state index in [1.807, 2.05) is 43.3 Å². The summed E-state index contributed by atoms with van der Waals surface area (Å²) in [6.07, 6.45) is 8.26. The Morgan fingerprint density at radius 2 is 2.06 bits per heavy atom. The second-order valence-electron chi connectivity index (χ2n) is 8.01. The number of para-hydroxylation sites is 1. The molecule has 0 saturated carbocycles. The van der Waals surface area contributed by atoms with Crippen LogP contribution in [0.4, 0.5) is 4.79 Å². The van der Waals surface area contributed by atoms with Crippen molar-refractivity contribution in [3.8, 4) is 5.75 Å². The molecule has 0 spiro atoms. The van der Waals surface area contributed by atoms with Crippen LogP contribution < -0.4 is 4.74 Å². The summed E-state index contributed by atoms with van der Waals surface area (Å²) in [5.74, 6) is -0.475. The van der Waals surface area contributed by atoms with Crippen molar-refractivity contribution in [1.82, 2.24) is 19.6 Å². The normalized spacial score (nSPS) is 21.3. The molecule has 1 aliphatic heterocycles. The molecular weight excluding hydrogens is 432 g/mol. The van der Waals surface area contributed by atoms with Crippen LogP contribution in [0.2, 0.25) is 5.02 Å². The van der Waals surface area contributed by atoms with Crippen molar-refractivity contribution in [2.75, 3.05) is 26.2 Å². The molecular formula is C23H25ClN4O4. The molecule has 0 bridgehead atoms. The van der Waals surface area contributed by atoms with Gasteiger partial charge in [-0.2, -0.15) is 9.78 Å². The van der Waals surface area contributed by atoms with E-state index in [1.165, 1.54) is 17.8 Å². The molecule has 0 radical (unpaired) electrons. The first-order valence-corrected chi connectivity index (χ1v) is 10.9. The maximum absolute atomic E-state index is 12.8. The van der Waals surface area contributed by atoms with E-state index in [9.17, 15) is 9.59 Å². The van der Waals surface area contributed by atoms with Gasteiger partial charge in [-0.25, -0.2) is 9.59 Å². The van der Waals surface area contributed by atoms with E-state index in [0.717, 1.165) is 30.7 Å². The largest absolute Gasteiger partial charge is 0.484 e. The van der Waals surface area contributed by atoms with E-state index in [4.69, 9.17) is 21.4 Å². The van der Waals surface area contributed by atoms with E-state index in [-0.39, 0.29) is 23.9 Å². The highest BCUT2D eigenvalue weighted by molar-refractivity contribution is 6.32. The van der Waals surface area contributed by atoms with E-state index in [0.29, 0.717) is 17.3 Å². The van der Waals surface area contributed by atoms with E-state index >= 15 is 0 Å². The number of benzene rings is 1. The molecule has 1 aliphatic carbocycles. The van der Waals surface area contributed by atoms with Crippen molar-refractivity contribution in [2.24, 2.45) is 0 Å². The second-order valence-corrected chi connectivity index (χ2v) is 8.42. The van der Waals surface area contributed by atoms with Crippen molar-refractivity contribution < 1.29 is 19.4 Å². The summed E-state index contributed by atoms with van der Waals surface area (Å²) in [6.45, 7) is 4.77. The zero-order chi connectivity index (χ0) is 22.7. The minimum atomic E-state index is -1.15. The molecule has 2 atom stereocenters. The average Bonchev–Trinajstić information content (AvgIpc) is 3.26. The zero-order valence-electron chi connectivity index (χ0n) is 17.7. The van der Waals surface area contributed by atoms with Crippen LogP contribution in [-0.4, -0.2) is 75.0 Å². The number of carboxylic acids is 1. The molecule has 4 rings (SSSR count). The lowest BCUT2D eigenvalue weighted by atomic mass is 10.0. The number of hydrogen-bond donors (Lipinski definition) is 1. The predicted molar refractivity (Wildman–Crippen MR) is 120 cm³/mol. The highest BCUT2D eigenvalue weighted by atomic mass is 35.5. The zero-order valence-corrected chi connectivity index (χ0v) is 18.5. The molecule has 9 heteroatoms. The van der Waals surface area contributed by atoms with Gasteiger partial charge in [0.05, 0.1) is 5.02 Å². The van der Waals surface area contributed by atoms with Crippen LogP contribution in [0.5, 0.6) is 5.75 Å². The third-order valence-electron chi connectivity index (χ3n) is 5.62. The highest BCUT2D eigenvalue weighted by Crippen LogP contribution is 2.27. The lowest BCUT2D eigenvalue weighted by Gasteiger charge is -2.40. The van der Waals surface area contributed by atoms with Gasteiger partial charge in [-0.05, 0) is 31.2 Å². The summed E-state index contributed by atoms with van der Waals surface area (Å²) in [5, 5.41) is 13.5. The lowest BCUT2D eigenvalue weighted by molar-refractivity contribution is 0.0689. The van der Waals surface area contributed by atoms with Gasteiger partial charge in [-0.15, -0.1) is 0 Å². The molecule has 1 fully saturated rings. The van der Waals surface area contributed by atoms with Gasteiger partial charge in [-0.1, -0.05) is 41.5 Å². The summed E-state index contributed by atoms with van der Waals surface area (Å²) in [6, 6.07) is 8.45. The lowest BCUT2D eigenvalue weighted by Crippen LogP contribution is -2.55. The van der Waals surface area contributed by atoms with Gasteiger partial charge in [0.25, 0.3) is 0 Å². The summed E-state index contributed by atoms with van der Waals surface area (Å²) < 4.78 is 7.16. The maximum atomic E-state index is 12.8. The number of rotatable bonds is 5. The third kappa shape index (κ3) is 5.03. The first kappa shape index (κ1) is 22.1. The maximum Gasteiger partial charge on any atom is 0.356 e.